The number of nitrogens with zero attached hydrogens (tertiary/aromatic N) is 5. The smallest absolute Gasteiger partial charge is 0.183 e. The lowest BCUT2D eigenvalue weighted by molar-refractivity contribution is 0.366. The van der Waals surface area contributed by atoms with Gasteiger partial charge in [-0.3, -0.25) is 0 Å². The molecule has 0 fully saturated rings. The van der Waals surface area contributed by atoms with Crippen LogP contribution in [0.2, 0.25) is 0 Å². The Morgan fingerprint density at radius 2 is 2.19 bits per heavy atom. The van der Waals surface area contributed by atoms with Crippen LogP contribution in [0.15, 0.2) is 28.8 Å². The quantitative estimate of drug-likeness (QED) is 0.631. The van der Waals surface area contributed by atoms with Crippen LogP contribution in [-0.4, -0.2) is 25.4 Å². The Bertz CT molecular complexity index is 770. The maximum absolute atomic E-state index is 13.2. The number of halogens is 2. The van der Waals surface area contributed by atoms with E-state index in [0.29, 0.717) is 18.1 Å². The van der Waals surface area contributed by atoms with Crippen molar-refractivity contribution in [2.75, 3.05) is 0 Å². The van der Waals surface area contributed by atoms with Crippen molar-refractivity contribution in [3.63, 3.8) is 0 Å². The topological polar surface area (TPSA) is 69.6 Å². The highest BCUT2D eigenvalue weighted by molar-refractivity contribution is 14.1. The van der Waals surface area contributed by atoms with Crippen LogP contribution in [-0.2, 0) is 13.0 Å². The van der Waals surface area contributed by atoms with E-state index in [0.717, 1.165) is 21.2 Å². The van der Waals surface area contributed by atoms with Crippen molar-refractivity contribution in [2.45, 2.75) is 19.9 Å². The zero-order valence-corrected chi connectivity index (χ0v) is 13.3. The maximum atomic E-state index is 13.2. The molecule has 108 valence electrons. The summed E-state index contributed by atoms with van der Waals surface area (Å²) in [6, 6.07) is 6.37. The van der Waals surface area contributed by atoms with Gasteiger partial charge in [-0.1, -0.05) is 12.1 Å². The van der Waals surface area contributed by atoms with Gasteiger partial charge in [0, 0.05) is 15.2 Å². The molecule has 0 amide bonds. The van der Waals surface area contributed by atoms with Crippen LogP contribution in [0.1, 0.15) is 18.4 Å². The zero-order chi connectivity index (χ0) is 14.8. The second-order valence-corrected chi connectivity index (χ2v) is 5.58. The van der Waals surface area contributed by atoms with E-state index in [1.165, 1.54) is 12.1 Å². The number of hydrogen-bond donors (Lipinski definition) is 0. The number of rotatable bonds is 4. The van der Waals surface area contributed by atoms with Crippen molar-refractivity contribution in [3.8, 4) is 11.4 Å². The fraction of sp³-hybridized carbons (Fsp3) is 0.231. The SMILES string of the molecule is CCc1cc(Cn2nnnc2-c2ccc(F)cc2I)on1. The summed E-state index contributed by atoms with van der Waals surface area (Å²) in [4.78, 5) is 0. The Hall–Kier alpha value is -1.84. The minimum Gasteiger partial charge on any atom is -0.359 e. The Labute approximate surface area is 133 Å². The van der Waals surface area contributed by atoms with Crippen molar-refractivity contribution in [3.05, 3.63) is 45.1 Å². The first-order chi connectivity index (χ1) is 10.2. The molecule has 0 aliphatic carbocycles. The number of tetrazole rings is 1. The van der Waals surface area contributed by atoms with E-state index in [4.69, 9.17) is 4.52 Å². The van der Waals surface area contributed by atoms with E-state index in [1.807, 2.05) is 13.0 Å². The maximum Gasteiger partial charge on any atom is 0.183 e. The van der Waals surface area contributed by atoms with Gasteiger partial charge < -0.3 is 4.52 Å². The van der Waals surface area contributed by atoms with E-state index >= 15 is 0 Å². The zero-order valence-electron chi connectivity index (χ0n) is 11.1. The Kier molecular flexibility index (Phi) is 3.95. The van der Waals surface area contributed by atoms with Crippen LogP contribution in [0.5, 0.6) is 0 Å². The van der Waals surface area contributed by atoms with Gasteiger partial charge in [0.1, 0.15) is 12.4 Å². The third-order valence-electron chi connectivity index (χ3n) is 2.98. The fourth-order valence-corrected chi connectivity index (χ4v) is 2.64. The van der Waals surface area contributed by atoms with E-state index in [1.54, 1.807) is 10.7 Å². The molecule has 0 atom stereocenters. The molecular weight excluding hydrogens is 388 g/mol. The standard InChI is InChI=1S/C13H11FIN5O/c1-2-9-6-10(21-17-9)7-20-13(16-18-19-20)11-4-3-8(14)5-12(11)15/h3-6H,2,7H2,1H3. The van der Waals surface area contributed by atoms with E-state index in [-0.39, 0.29) is 5.82 Å². The number of hydrogen-bond acceptors (Lipinski definition) is 5. The van der Waals surface area contributed by atoms with Gasteiger partial charge in [-0.2, -0.15) is 0 Å². The summed E-state index contributed by atoms with van der Waals surface area (Å²) in [7, 11) is 0. The largest absolute Gasteiger partial charge is 0.359 e. The minimum absolute atomic E-state index is 0.287. The van der Waals surface area contributed by atoms with Crippen LogP contribution in [0, 0.1) is 9.39 Å². The van der Waals surface area contributed by atoms with Gasteiger partial charge in [0.15, 0.2) is 11.6 Å². The normalized spacial score (nSPS) is 11.0. The second kappa shape index (κ2) is 5.88. The molecule has 0 unspecified atom stereocenters. The molecule has 3 rings (SSSR count). The first-order valence-corrected chi connectivity index (χ1v) is 7.41. The van der Waals surface area contributed by atoms with Crippen molar-refractivity contribution in [1.82, 2.24) is 25.4 Å². The highest BCUT2D eigenvalue weighted by atomic mass is 127. The molecule has 1 aromatic carbocycles. The monoisotopic (exact) mass is 399 g/mol. The lowest BCUT2D eigenvalue weighted by atomic mass is 10.2. The molecule has 0 radical (unpaired) electrons. The summed E-state index contributed by atoms with van der Waals surface area (Å²) in [5, 5.41) is 15.6. The molecule has 0 aliphatic rings. The highest BCUT2D eigenvalue weighted by Crippen LogP contribution is 2.24. The van der Waals surface area contributed by atoms with Crippen LogP contribution in [0.4, 0.5) is 4.39 Å². The van der Waals surface area contributed by atoms with Crippen LogP contribution < -0.4 is 0 Å². The van der Waals surface area contributed by atoms with Gasteiger partial charge in [0.2, 0.25) is 0 Å². The molecule has 0 saturated carbocycles. The van der Waals surface area contributed by atoms with Crippen molar-refractivity contribution in [2.24, 2.45) is 0 Å². The fourth-order valence-electron chi connectivity index (χ4n) is 1.92. The van der Waals surface area contributed by atoms with Crippen LogP contribution in [0.3, 0.4) is 0 Å². The first-order valence-electron chi connectivity index (χ1n) is 6.33. The molecule has 0 aliphatic heterocycles. The molecule has 0 spiro atoms. The summed E-state index contributed by atoms with van der Waals surface area (Å²) in [5.74, 6) is 0.955. The van der Waals surface area contributed by atoms with Gasteiger partial charge in [0.25, 0.3) is 0 Å². The summed E-state index contributed by atoms with van der Waals surface area (Å²) in [6.07, 6.45) is 0.807. The van der Waals surface area contributed by atoms with Gasteiger partial charge in [-0.25, -0.2) is 9.07 Å². The molecule has 3 aromatic rings. The molecular formula is C13H11FIN5O. The summed E-state index contributed by atoms with van der Waals surface area (Å²) >= 11 is 2.06. The molecule has 21 heavy (non-hydrogen) atoms. The van der Waals surface area contributed by atoms with Gasteiger partial charge >= 0.3 is 0 Å². The summed E-state index contributed by atoms with van der Waals surface area (Å²) in [6.45, 7) is 2.38. The van der Waals surface area contributed by atoms with Crippen molar-refractivity contribution < 1.29 is 8.91 Å². The van der Waals surface area contributed by atoms with Gasteiger partial charge in [0.05, 0.1) is 5.69 Å². The molecule has 2 heterocycles. The Morgan fingerprint density at radius 3 is 2.90 bits per heavy atom. The van der Waals surface area contributed by atoms with Crippen molar-refractivity contribution in [1.29, 1.82) is 0 Å². The minimum atomic E-state index is -0.287. The highest BCUT2D eigenvalue weighted by Gasteiger charge is 2.14. The predicted molar refractivity (Wildman–Crippen MR) is 80.9 cm³/mol. The van der Waals surface area contributed by atoms with E-state index < -0.39 is 0 Å². The third kappa shape index (κ3) is 2.94. The average molecular weight is 399 g/mol. The number of aromatic nitrogens is 5. The molecule has 0 N–H and O–H groups in total. The number of benzene rings is 1. The summed E-state index contributed by atoms with van der Waals surface area (Å²) in [5.41, 5.74) is 1.66. The molecule has 0 saturated heterocycles. The Morgan fingerprint density at radius 1 is 1.33 bits per heavy atom. The van der Waals surface area contributed by atoms with Gasteiger partial charge in [-0.05, 0) is 57.6 Å². The third-order valence-corrected chi connectivity index (χ3v) is 3.87. The molecule has 6 nitrogen and oxygen atoms in total. The predicted octanol–water partition coefficient (Wildman–Crippen LogP) is 2.68. The van der Waals surface area contributed by atoms with Crippen LogP contribution >= 0.6 is 22.6 Å². The Balaban J connectivity index is 1.93. The second-order valence-electron chi connectivity index (χ2n) is 4.42. The lowest BCUT2D eigenvalue weighted by Crippen LogP contribution is -2.04. The number of aryl methyl sites for hydroxylation is 1. The van der Waals surface area contributed by atoms with E-state index in [2.05, 4.69) is 43.3 Å². The average Bonchev–Trinajstić information content (AvgIpc) is 3.09. The van der Waals surface area contributed by atoms with Crippen LogP contribution in [0.25, 0.3) is 11.4 Å². The first kappa shape index (κ1) is 14.1. The van der Waals surface area contributed by atoms with E-state index in [9.17, 15) is 4.39 Å². The summed E-state index contributed by atoms with van der Waals surface area (Å²) < 4.78 is 20.8. The molecule has 8 heteroatoms. The molecule has 0 bridgehead atoms. The van der Waals surface area contributed by atoms with Gasteiger partial charge in [-0.15, -0.1) is 5.10 Å². The molecule has 2 aromatic heterocycles. The lowest BCUT2D eigenvalue weighted by Gasteiger charge is -2.04. The van der Waals surface area contributed by atoms with Crippen molar-refractivity contribution >= 4 is 22.6 Å².